The number of halogens is 1. The van der Waals surface area contributed by atoms with E-state index in [1.54, 1.807) is 12.1 Å². The van der Waals surface area contributed by atoms with Crippen molar-refractivity contribution in [2.24, 2.45) is 17.8 Å². The van der Waals surface area contributed by atoms with Crippen LogP contribution in [0.1, 0.15) is 69.9 Å². The number of anilines is 1. The molecule has 0 aliphatic heterocycles. The topological polar surface area (TPSA) is 86.8 Å². The van der Waals surface area contributed by atoms with Crippen LogP contribution in [0.15, 0.2) is 48.5 Å². The van der Waals surface area contributed by atoms with Crippen LogP contribution in [0.5, 0.6) is 0 Å². The summed E-state index contributed by atoms with van der Waals surface area (Å²) < 4.78 is 27.2. The number of nitrogens with zero attached hydrogens (tertiary/aromatic N) is 2. The molecule has 2 aromatic rings. The first kappa shape index (κ1) is 29.9. The highest BCUT2D eigenvalue weighted by Crippen LogP contribution is 2.60. The molecule has 7 nitrogen and oxygen atoms in total. The lowest BCUT2D eigenvalue weighted by Crippen LogP contribution is -2.52. The predicted molar refractivity (Wildman–Crippen MR) is 163 cm³/mol. The Kier molecular flexibility index (Phi) is 8.72. The zero-order valence-electron chi connectivity index (χ0n) is 24.3. The van der Waals surface area contributed by atoms with Crippen LogP contribution in [0.3, 0.4) is 0 Å². The standard InChI is InChI=1S/C32H42ClN3O4S/c1-4-29(31(38)34-5-2)35(20-22-6-10-27(33)11-7-22)30(37)21-36(41(3,39)40)28-12-8-26(9-13-28)32-17-23-14-24(18-32)16-25(15-23)19-32/h6-13,23-25,29H,4-5,14-21H2,1-3H3,(H,34,38). The monoisotopic (exact) mass is 599 g/mol. The van der Waals surface area contributed by atoms with Crippen molar-refractivity contribution in [2.75, 3.05) is 23.7 Å². The van der Waals surface area contributed by atoms with E-state index in [0.29, 0.717) is 23.7 Å². The largest absolute Gasteiger partial charge is 0.355 e. The van der Waals surface area contributed by atoms with Crippen molar-refractivity contribution in [3.63, 3.8) is 0 Å². The van der Waals surface area contributed by atoms with Crippen molar-refractivity contribution < 1.29 is 18.0 Å². The lowest BCUT2D eigenvalue weighted by Gasteiger charge is -2.57. The number of amides is 2. The van der Waals surface area contributed by atoms with Gasteiger partial charge in [0.25, 0.3) is 0 Å². The third-order valence-electron chi connectivity index (χ3n) is 9.49. The molecular weight excluding hydrogens is 558 g/mol. The molecule has 2 amide bonds. The van der Waals surface area contributed by atoms with Crippen LogP contribution >= 0.6 is 11.6 Å². The zero-order valence-corrected chi connectivity index (χ0v) is 25.9. The van der Waals surface area contributed by atoms with Gasteiger partial charge in [0, 0.05) is 18.1 Å². The Morgan fingerprint density at radius 2 is 1.51 bits per heavy atom. The quantitative estimate of drug-likeness (QED) is 0.369. The van der Waals surface area contributed by atoms with Crippen LogP contribution in [-0.2, 0) is 31.6 Å². The minimum Gasteiger partial charge on any atom is -0.355 e. The summed E-state index contributed by atoms with van der Waals surface area (Å²) in [6.07, 6.45) is 9.29. The molecule has 9 heteroatoms. The van der Waals surface area contributed by atoms with Crippen molar-refractivity contribution in [1.29, 1.82) is 0 Å². The highest BCUT2D eigenvalue weighted by molar-refractivity contribution is 7.92. The minimum atomic E-state index is -3.78. The van der Waals surface area contributed by atoms with Crippen molar-refractivity contribution in [2.45, 2.75) is 76.8 Å². The van der Waals surface area contributed by atoms with Crippen LogP contribution in [0.25, 0.3) is 0 Å². The number of hydrogen-bond donors (Lipinski definition) is 1. The zero-order chi connectivity index (χ0) is 29.4. The number of benzene rings is 2. The van der Waals surface area contributed by atoms with E-state index in [2.05, 4.69) is 17.4 Å². The maximum Gasteiger partial charge on any atom is 0.244 e. The summed E-state index contributed by atoms with van der Waals surface area (Å²) >= 11 is 6.06. The highest BCUT2D eigenvalue weighted by Gasteiger charge is 2.51. The molecule has 222 valence electrons. The molecule has 4 fully saturated rings. The van der Waals surface area contributed by atoms with Gasteiger partial charge in [0.15, 0.2) is 0 Å². The number of rotatable bonds is 11. The van der Waals surface area contributed by atoms with E-state index < -0.39 is 22.0 Å². The van der Waals surface area contributed by atoms with E-state index in [1.807, 2.05) is 38.1 Å². The molecule has 0 spiro atoms. The Hall–Kier alpha value is -2.58. The van der Waals surface area contributed by atoms with Gasteiger partial charge in [-0.1, -0.05) is 42.8 Å². The number of nitrogens with one attached hydrogen (secondary N) is 1. The molecule has 6 rings (SSSR count). The van der Waals surface area contributed by atoms with E-state index in [9.17, 15) is 18.0 Å². The van der Waals surface area contributed by atoms with Gasteiger partial charge >= 0.3 is 0 Å². The van der Waals surface area contributed by atoms with Gasteiger partial charge in [-0.25, -0.2) is 8.42 Å². The summed E-state index contributed by atoms with van der Waals surface area (Å²) in [4.78, 5) is 28.3. The van der Waals surface area contributed by atoms with Crippen LogP contribution in [0.4, 0.5) is 5.69 Å². The molecule has 4 aliphatic rings. The molecule has 4 saturated carbocycles. The first-order chi connectivity index (χ1) is 19.5. The molecule has 41 heavy (non-hydrogen) atoms. The summed E-state index contributed by atoms with van der Waals surface area (Å²) in [6, 6.07) is 14.2. The summed E-state index contributed by atoms with van der Waals surface area (Å²) in [5.41, 5.74) is 2.77. The van der Waals surface area contributed by atoms with Crippen molar-refractivity contribution in [1.82, 2.24) is 10.2 Å². The smallest absolute Gasteiger partial charge is 0.244 e. The number of hydrogen-bond acceptors (Lipinski definition) is 4. The molecule has 4 aliphatic carbocycles. The van der Waals surface area contributed by atoms with Gasteiger partial charge in [0.05, 0.1) is 11.9 Å². The lowest BCUT2D eigenvalue weighted by atomic mass is 9.48. The second kappa shape index (κ2) is 12.0. The third kappa shape index (κ3) is 6.43. The molecule has 1 unspecified atom stereocenters. The average molecular weight is 600 g/mol. The fraction of sp³-hybridized carbons (Fsp3) is 0.562. The number of sulfonamides is 1. The molecule has 1 atom stereocenters. The summed E-state index contributed by atoms with van der Waals surface area (Å²) in [5, 5.41) is 3.39. The van der Waals surface area contributed by atoms with Crippen LogP contribution in [-0.4, -0.2) is 50.5 Å². The van der Waals surface area contributed by atoms with Gasteiger partial charge in [-0.3, -0.25) is 13.9 Å². The average Bonchev–Trinajstić information content (AvgIpc) is 2.91. The van der Waals surface area contributed by atoms with Crippen molar-refractivity contribution in [3.05, 3.63) is 64.7 Å². The Morgan fingerprint density at radius 1 is 0.951 bits per heavy atom. The van der Waals surface area contributed by atoms with Gasteiger partial charge < -0.3 is 10.2 Å². The molecule has 2 aromatic carbocycles. The third-order valence-corrected chi connectivity index (χ3v) is 10.9. The molecular formula is C32H42ClN3O4S. The minimum absolute atomic E-state index is 0.161. The van der Waals surface area contributed by atoms with E-state index in [0.717, 1.165) is 33.9 Å². The van der Waals surface area contributed by atoms with Crippen molar-refractivity contribution >= 4 is 39.1 Å². The first-order valence-electron chi connectivity index (χ1n) is 14.9. The second-order valence-electron chi connectivity index (χ2n) is 12.5. The maximum atomic E-state index is 13.9. The van der Waals surface area contributed by atoms with E-state index in [1.165, 1.54) is 49.0 Å². The Morgan fingerprint density at radius 3 is 2.00 bits per heavy atom. The Labute approximate surface area is 249 Å². The van der Waals surface area contributed by atoms with Gasteiger partial charge in [-0.05, 0) is 110 Å². The van der Waals surface area contributed by atoms with Gasteiger partial charge in [-0.15, -0.1) is 0 Å². The van der Waals surface area contributed by atoms with E-state index in [-0.39, 0.29) is 24.4 Å². The second-order valence-corrected chi connectivity index (χ2v) is 14.8. The normalized spacial score (nSPS) is 25.5. The van der Waals surface area contributed by atoms with Crippen LogP contribution in [0.2, 0.25) is 5.02 Å². The summed E-state index contributed by atoms with van der Waals surface area (Å²) in [5.74, 6) is 1.74. The number of likely N-dealkylation sites (N-methyl/N-ethyl adjacent to an activating group) is 1. The van der Waals surface area contributed by atoms with Crippen molar-refractivity contribution in [3.8, 4) is 0 Å². The lowest BCUT2D eigenvalue weighted by molar-refractivity contribution is -0.140. The number of carbonyl (C=O) groups is 2. The van der Waals surface area contributed by atoms with Gasteiger partial charge in [0.2, 0.25) is 21.8 Å². The Balaban J connectivity index is 1.40. The van der Waals surface area contributed by atoms with Crippen LogP contribution in [0, 0.1) is 17.8 Å². The predicted octanol–water partition coefficient (Wildman–Crippen LogP) is 5.52. The number of carbonyl (C=O) groups excluding carboxylic acids is 2. The fourth-order valence-corrected chi connectivity index (χ4v) is 9.03. The fourth-order valence-electron chi connectivity index (χ4n) is 8.06. The summed E-state index contributed by atoms with van der Waals surface area (Å²) in [6.45, 7) is 3.88. The van der Waals surface area contributed by atoms with Crippen LogP contribution < -0.4 is 9.62 Å². The maximum absolute atomic E-state index is 13.9. The molecule has 1 N–H and O–H groups in total. The van der Waals surface area contributed by atoms with Gasteiger partial charge in [-0.2, -0.15) is 0 Å². The van der Waals surface area contributed by atoms with E-state index in [4.69, 9.17) is 11.6 Å². The first-order valence-corrected chi connectivity index (χ1v) is 17.1. The molecule has 0 saturated heterocycles. The molecule has 0 aromatic heterocycles. The van der Waals surface area contributed by atoms with Gasteiger partial charge in [0.1, 0.15) is 12.6 Å². The molecule has 4 bridgehead atoms. The molecule has 0 heterocycles. The summed E-state index contributed by atoms with van der Waals surface area (Å²) in [7, 11) is -3.78. The van der Waals surface area contributed by atoms with E-state index >= 15 is 0 Å². The SMILES string of the molecule is CCNC(=O)C(CC)N(Cc1ccc(Cl)cc1)C(=O)CN(c1ccc(C23CC4CC(CC(C4)C2)C3)cc1)S(C)(=O)=O. The molecule has 0 radical (unpaired) electrons. The highest BCUT2D eigenvalue weighted by atomic mass is 35.5. The Bertz CT molecular complexity index is 1330.